The molecule has 0 bridgehead atoms. The summed E-state index contributed by atoms with van der Waals surface area (Å²) in [6.07, 6.45) is 0.199. The number of rotatable bonds is 7. The van der Waals surface area contributed by atoms with Crippen molar-refractivity contribution in [1.29, 1.82) is 0 Å². The van der Waals surface area contributed by atoms with E-state index in [0.29, 0.717) is 5.02 Å². The highest BCUT2D eigenvalue weighted by atomic mass is 35.5. The molecule has 0 aliphatic rings. The summed E-state index contributed by atoms with van der Waals surface area (Å²) in [5, 5.41) is 14.7. The van der Waals surface area contributed by atoms with Crippen molar-refractivity contribution >= 4 is 23.6 Å². The number of carbonyl (C=O) groups excluding carboxylic acids is 1. The van der Waals surface area contributed by atoms with Crippen LogP contribution in [0.25, 0.3) is 0 Å². The fourth-order valence-corrected chi connectivity index (χ4v) is 1.95. The van der Waals surface area contributed by atoms with Crippen LogP contribution in [-0.2, 0) is 9.53 Å². The highest BCUT2D eigenvalue weighted by Crippen LogP contribution is 2.17. The first-order chi connectivity index (χ1) is 9.93. The van der Waals surface area contributed by atoms with E-state index >= 15 is 0 Å². The number of amides is 2. The van der Waals surface area contributed by atoms with Gasteiger partial charge in [0.1, 0.15) is 6.04 Å². The van der Waals surface area contributed by atoms with E-state index in [-0.39, 0.29) is 19.1 Å². The molecule has 0 heterocycles. The number of urea groups is 1. The van der Waals surface area contributed by atoms with Crippen LogP contribution in [0.15, 0.2) is 24.3 Å². The molecule has 0 spiro atoms. The summed E-state index contributed by atoms with van der Waals surface area (Å²) in [5.74, 6) is -1.10. The van der Waals surface area contributed by atoms with Gasteiger partial charge in [-0.2, -0.15) is 0 Å². The second-order valence-electron chi connectivity index (χ2n) is 4.57. The molecule has 2 unspecified atom stereocenters. The van der Waals surface area contributed by atoms with Gasteiger partial charge in [-0.3, -0.25) is 0 Å². The lowest BCUT2D eigenvalue weighted by Gasteiger charge is -2.18. The Morgan fingerprint density at radius 2 is 2.10 bits per heavy atom. The van der Waals surface area contributed by atoms with Gasteiger partial charge in [-0.1, -0.05) is 23.7 Å². The monoisotopic (exact) mass is 314 g/mol. The van der Waals surface area contributed by atoms with Crippen LogP contribution in [0.2, 0.25) is 5.02 Å². The first-order valence-corrected chi connectivity index (χ1v) is 6.86. The lowest BCUT2D eigenvalue weighted by atomic mass is 10.1. The van der Waals surface area contributed by atoms with Crippen LogP contribution in [0.3, 0.4) is 0 Å². The number of methoxy groups -OCH3 is 1. The summed E-state index contributed by atoms with van der Waals surface area (Å²) >= 11 is 5.89. The highest BCUT2D eigenvalue weighted by Gasteiger charge is 2.20. The van der Waals surface area contributed by atoms with E-state index in [1.165, 1.54) is 7.11 Å². The molecular formula is C14H19ClN2O4. The van der Waals surface area contributed by atoms with E-state index in [0.717, 1.165) is 5.56 Å². The van der Waals surface area contributed by atoms with Crippen molar-refractivity contribution in [3.8, 4) is 0 Å². The minimum absolute atomic E-state index is 0.199. The zero-order valence-corrected chi connectivity index (χ0v) is 12.7. The maximum Gasteiger partial charge on any atom is 0.326 e. The molecule has 1 rings (SSSR count). The molecular weight excluding hydrogens is 296 g/mol. The molecule has 0 saturated carbocycles. The van der Waals surface area contributed by atoms with Crippen LogP contribution < -0.4 is 10.6 Å². The fraction of sp³-hybridized carbons (Fsp3) is 0.429. The molecule has 7 heteroatoms. The second-order valence-corrected chi connectivity index (χ2v) is 5.00. The van der Waals surface area contributed by atoms with Crippen molar-refractivity contribution in [2.75, 3.05) is 13.7 Å². The van der Waals surface area contributed by atoms with Gasteiger partial charge in [0.05, 0.1) is 6.04 Å². The Bertz CT molecular complexity index is 496. The number of carboxylic acids is 1. The number of aliphatic carboxylic acids is 1. The highest BCUT2D eigenvalue weighted by molar-refractivity contribution is 6.30. The minimum atomic E-state index is -1.10. The molecule has 2 amide bonds. The third-order valence-electron chi connectivity index (χ3n) is 2.91. The maximum absolute atomic E-state index is 11.8. The van der Waals surface area contributed by atoms with E-state index in [1.54, 1.807) is 25.1 Å². The maximum atomic E-state index is 11.8. The Kier molecular flexibility index (Phi) is 6.98. The van der Waals surface area contributed by atoms with Gasteiger partial charge in [0.15, 0.2) is 0 Å². The van der Waals surface area contributed by atoms with Gasteiger partial charge in [0.2, 0.25) is 0 Å². The molecule has 1 aromatic carbocycles. The molecule has 0 aromatic heterocycles. The van der Waals surface area contributed by atoms with Crippen LogP contribution in [0, 0.1) is 0 Å². The standard InChI is InChI=1S/C14H19ClN2O4/c1-9(10-4-3-5-11(15)8-10)16-14(20)17-12(13(18)19)6-7-21-2/h3-5,8-9,12H,6-7H2,1-2H3,(H,18,19)(H2,16,17,20). The van der Waals surface area contributed by atoms with Crippen LogP contribution in [0.5, 0.6) is 0 Å². The summed E-state index contributed by atoms with van der Waals surface area (Å²) in [6, 6.07) is 5.26. The van der Waals surface area contributed by atoms with E-state index < -0.39 is 18.0 Å². The largest absolute Gasteiger partial charge is 0.480 e. The number of hydrogen-bond donors (Lipinski definition) is 3. The van der Waals surface area contributed by atoms with E-state index in [1.807, 2.05) is 6.07 Å². The molecule has 0 radical (unpaired) electrons. The van der Waals surface area contributed by atoms with Gasteiger partial charge in [-0.05, 0) is 24.6 Å². The van der Waals surface area contributed by atoms with Crippen LogP contribution in [0.1, 0.15) is 24.9 Å². The van der Waals surface area contributed by atoms with Crippen molar-refractivity contribution in [1.82, 2.24) is 10.6 Å². The van der Waals surface area contributed by atoms with Crippen molar-refractivity contribution in [3.63, 3.8) is 0 Å². The van der Waals surface area contributed by atoms with Crippen LogP contribution in [0.4, 0.5) is 4.79 Å². The molecule has 0 fully saturated rings. The van der Waals surface area contributed by atoms with Crippen molar-refractivity contribution < 1.29 is 19.4 Å². The lowest BCUT2D eigenvalue weighted by Crippen LogP contribution is -2.47. The molecule has 2 atom stereocenters. The predicted octanol–water partition coefficient (Wildman–Crippen LogP) is 2.19. The molecule has 3 N–H and O–H groups in total. The summed E-state index contributed by atoms with van der Waals surface area (Å²) < 4.78 is 4.82. The van der Waals surface area contributed by atoms with E-state index in [2.05, 4.69) is 10.6 Å². The van der Waals surface area contributed by atoms with Gasteiger partial charge < -0.3 is 20.5 Å². The van der Waals surface area contributed by atoms with Gasteiger partial charge in [0, 0.05) is 25.2 Å². The molecule has 0 aliphatic heterocycles. The summed E-state index contributed by atoms with van der Waals surface area (Å²) in [6.45, 7) is 2.04. The van der Waals surface area contributed by atoms with Crippen LogP contribution >= 0.6 is 11.6 Å². The average molecular weight is 315 g/mol. The third kappa shape index (κ3) is 6.01. The SMILES string of the molecule is COCCC(NC(=O)NC(C)c1cccc(Cl)c1)C(=O)O. The molecule has 116 valence electrons. The Balaban J connectivity index is 2.57. The second kappa shape index (κ2) is 8.49. The topological polar surface area (TPSA) is 87.7 Å². The molecule has 1 aromatic rings. The third-order valence-corrected chi connectivity index (χ3v) is 3.15. The number of hydrogen-bond acceptors (Lipinski definition) is 3. The average Bonchev–Trinajstić information content (AvgIpc) is 2.43. The van der Waals surface area contributed by atoms with Gasteiger partial charge in [0.25, 0.3) is 0 Å². The Hall–Kier alpha value is -1.79. The number of halogens is 1. The molecule has 0 saturated heterocycles. The quantitative estimate of drug-likeness (QED) is 0.720. The van der Waals surface area contributed by atoms with Crippen molar-refractivity contribution in [2.45, 2.75) is 25.4 Å². The van der Waals surface area contributed by atoms with Crippen molar-refractivity contribution in [2.24, 2.45) is 0 Å². The first kappa shape index (κ1) is 17.3. The smallest absolute Gasteiger partial charge is 0.326 e. The number of carboxylic acid groups (broad SMARTS) is 1. The van der Waals surface area contributed by atoms with E-state index in [9.17, 15) is 9.59 Å². The zero-order chi connectivity index (χ0) is 15.8. The number of nitrogens with one attached hydrogen (secondary N) is 2. The minimum Gasteiger partial charge on any atom is -0.480 e. The molecule has 0 aliphatic carbocycles. The molecule has 6 nitrogen and oxygen atoms in total. The fourth-order valence-electron chi connectivity index (χ4n) is 1.75. The van der Waals surface area contributed by atoms with Crippen LogP contribution in [-0.4, -0.2) is 36.9 Å². The summed E-state index contributed by atoms with van der Waals surface area (Å²) in [4.78, 5) is 22.9. The Morgan fingerprint density at radius 1 is 1.38 bits per heavy atom. The number of benzene rings is 1. The number of carbonyl (C=O) groups is 2. The Labute approximate surface area is 128 Å². The summed E-state index contributed by atoms with van der Waals surface area (Å²) in [5.41, 5.74) is 0.835. The lowest BCUT2D eigenvalue weighted by molar-refractivity contribution is -0.139. The summed E-state index contributed by atoms with van der Waals surface area (Å²) in [7, 11) is 1.47. The van der Waals surface area contributed by atoms with E-state index in [4.69, 9.17) is 21.4 Å². The normalized spacial score (nSPS) is 13.3. The van der Waals surface area contributed by atoms with Gasteiger partial charge >= 0.3 is 12.0 Å². The number of ether oxygens (including phenoxy) is 1. The molecule has 21 heavy (non-hydrogen) atoms. The first-order valence-electron chi connectivity index (χ1n) is 6.48. The van der Waals surface area contributed by atoms with Gasteiger partial charge in [-0.25, -0.2) is 9.59 Å². The van der Waals surface area contributed by atoms with Crippen molar-refractivity contribution in [3.05, 3.63) is 34.9 Å². The Morgan fingerprint density at radius 3 is 2.67 bits per heavy atom. The zero-order valence-electron chi connectivity index (χ0n) is 11.9. The predicted molar refractivity (Wildman–Crippen MR) is 79.5 cm³/mol. The van der Waals surface area contributed by atoms with Gasteiger partial charge in [-0.15, -0.1) is 0 Å².